The summed E-state index contributed by atoms with van der Waals surface area (Å²) in [7, 11) is 1.77. The second-order valence-corrected chi connectivity index (χ2v) is 10.2. The van der Waals surface area contributed by atoms with Gasteiger partial charge in [0.2, 0.25) is 0 Å². The fourth-order valence-electron chi connectivity index (χ4n) is 5.29. The van der Waals surface area contributed by atoms with Crippen molar-refractivity contribution in [2.24, 2.45) is 0 Å². The topological polar surface area (TPSA) is 78.2 Å². The van der Waals surface area contributed by atoms with E-state index in [-0.39, 0.29) is 6.04 Å². The number of rotatable bonds is 9. The van der Waals surface area contributed by atoms with Gasteiger partial charge in [-0.05, 0) is 61.2 Å². The number of hydrogen-bond acceptors (Lipinski definition) is 7. The summed E-state index contributed by atoms with van der Waals surface area (Å²) in [6.45, 7) is 5.49. The van der Waals surface area contributed by atoms with Crippen molar-refractivity contribution < 1.29 is 9.47 Å². The van der Waals surface area contributed by atoms with E-state index in [2.05, 4.69) is 45.3 Å². The number of benzene rings is 1. The summed E-state index contributed by atoms with van der Waals surface area (Å²) in [5, 5.41) is 4.89. The third kappa shape index (κ3) is 5.53. The standard InChI is InChI=1S/C30H34N6O2/c1-37-16-15-35-13-9-24(10-14-35)23-6-4-22(5-7-23)17-29-32-12-8-28(33-29)27-19-36(26-20-38-21-26)34-30(27)25-3-2-11-31-18-25/h2-8,11-12,18-19,24,26H,9-10,13-17,20-21H2,1H3. The normalized spacial score (nSPS) is 17.0. The Hall–Kier alpha value is -3.46. The zero-order valence-electron chi connectivity index (χ0n) is 21.9. The Bertz CT molecular complexity index is 1330. The van der Waals surface area contributed by atoms with E-state index in [0.717, 1.165) is 54.6 Å². The maximum Gasteiger partial charge on any atom is 0.133 e. The van der Waals surface area contributed by atoms with Crippen molar-refractivity contribution in [1.29, 1.82) is 0 Å². The molecule has 8 heteroatoms. The highest BCUT2D eigenvalue weighted by Gasteiger charge is 2.25. The molecule has 4 aromatic rings. The van der Waals surface area contributed by atoms with E-state index in [9.17, 15) is 0 Å². The van der Waals surface area contributed by atoms with Gasteiger partial charge in [-0.1, -0.05) is 24.3 Å². The van der Waals surface area contributed by atoms with Crippen molar-refractivity contribution in [3.05, 3.63) is 84.2 Å². The van der Waals surface area contributed by atoms with E-state index >= 15 is 0 Å². The summed E-state index contributed by atoms with van der Waals surface area (Å²) in [6.07, 6.45) is 10.6. The molecule has 2 saturated heterocycles. The van der Waals surface area contributed by atoms with Gasteiger partial charge in [0.1, 0.15) is 11.5 Å². The van der Waals surface area contributed by atoms with Gasteiger partial charge in [0.15, 0.2) is 0 Å². The molecule has 8 nitrogen and oxygen atoms in total. The number of pyridine rings is 1. The Labute approximate surface area is 223 Å². The van der Waals surface area contributed by atoms with Crippen LogP contribution in [0.4, 0.5) is 0 Å². The number of piperidine rings is 1. The molecule has 0 radical (unpaired) electrons. The van der Waals surface area contributed by atoms with Crippen LogP contribution in [0.25, 0.3) is 22.5 Å². The van der Waals surface area contributed by atoms with Crippen LogP contribution in [0.5, 0.6) is 0 Å². The zero-order valence-corrected chi connectivity index (χ0v) is 21.9. The summed E-state index contributed by atoms with van der Waals surface area (Å²) in [6, 6.07) is 15.2. The van der Waals surface area contributed by atoms with Gasteiger partial charge >= 0.3 is 0 Å². The second kappa shape index (κ2) is 11.5. The van der Waals surface area contributed by atoms with Crippen LogP contribution in [0.3, 0.4) is 0 Å². The zero-order chi connectivity index (χ0) is 25.7. The molecule has 0 amide bonds. The summed E-state index contributed by atoms with van der Waals surface area (Å²) in [5.41, 5.74) is 6.37. The molecule has 6 rings (SSSR count). The number of nitrogens with zero attached hydrogens (tertiary/aromatic N) is 6. The van der Waals surface area contributed by atoms with Gasteiger partial charge < -0.3 is 14.4 Å². The van der Waals surface area contributed by atoms with Crippen molar-refractivity contribution in [3.63, 3.8) is 0 Å². The molecule has 0 bridgehead atoms. The summed E-state index contributed by atoms with van der Waals surface area (Å²) < 4.78 is 12.6. The van der Waals surface area contributed by atoms with E-state index in [1.807, 2.05) is 35.3 Å². The minimum absolute atomic E-state index is 0.261. The number of likely N-dealkylation sites (tertiary alicyclic amines) is 1. The maximum atomic E-state index is 5.40. The number of ether oxygens (including phenoxy) is 2. The lowest BCUT2D eigenvalue weighted by molar-refractivity contribution is -0.0285. The van der Waals surface area contributed by atoms with Crippen LogP contribution in [-0.4, -0.2) is 76.2 Å². The molecule has 0 N–H and O–H groups in total. The molecular formula is C30H34N6O2. The molecule has 196 valence electrons. The molecule has 0 unspecified atom stereocenters. The SMILES string of the molecule is COCCN1CCC(c2ccc(Cc3nccc(-c4cn(C5COC5)nc4-c4cccnc4)n3)cc2)CC1. The van der Waals surface area contributed by atoms with Crippen molar-refractivity contribution in [1.82, 2.24) is 29.6 Å². The van der Waals surface area contributed by atoms with Crippen LogP contribution in [0.1, 0.15) is 41.8 Å². The van der Waals surface area contributed by atoms with E-state index in [1.54, 1.807) is 13.3 Å². The van der Waals surface area contributed by atoms with Crippen LogP contribution in [0.2, 0.25) is 0 Å². The third-order valence-electron chi connectivity index (χ3n) is 7.66. The van der Waals surface area contributed by atoms with E-state index in [0.29, 0.717) is 25.6 Å². The summed E-state index contributed by atoms with van der Waals surface area (Å²) >= 11 is 0. The second-order valence-electron chi connectivity index (χ2n) is 10.2. The first-order valence-corrected chi connectivity index (χ1v) is 13.5. The van der Waals surface area contributed by atoms with Gasteiger partial charge in [-0.15, -0.1) is 0 Å². The first-order valence-electron chi connectivity index (χ1n) is 13.5. The molecule has 0 saturated carbocycles. The van der Waals surface area contributed by atoms with Crippen LogP contribution in [-0.2, 0) is 15.9 Å². The summed E-state index contributed by atoms with van der Waals surface area (Å²) in [4.78, 5) is 16.3. The predicted octanol–water partition coefficient (Wildman–Crippen LogP) is 4.39. The lowest BCUT2D eigenvalue weighted by Crippen LogP contribution is -2.35. The molecule has 5 heterocycles. The van der Waals surface area contributed by atoms with Gasteiger partial charge in [-0.3, -0.25) is 9.67 Å². The molecule has 38 heavy (non-hydrogen) atoms. The van der Waals surface area contributed by atoms with Crippen LogP contribution in [0, 0.1) is 0 Å². The molecule has 0 spiro atoms. The molecule has 0 atom stereocenters. The van der Waals surface area contributed by atoms with E-state index in [4.69, 9.17) is 19.6 Å². The Morgan fingerprint density at radius 2 is 1.87 bits per heavy atom. The summed E-state index contributed by atoms with van der Waals surface area (Å²) in [5.74, 6) is 1.43. The van der Waals surface area contributed by atoms with Crippen LogP contribution < -0.4 is 0 Å². The fraction of sp³-hybridized carbons (Fsp3) is 0.400. The minimum Gasteiger partial charge on any atom is -0.383 e. The van der Waals surface area contributed by atoms with E-state index in [1.165, 1.54) is 24.0 Å². The lowest BCUT2D eigenvalue weighted by Gasteiger charge is -2.32. The third-order valence-corrected chi connectivity index (χ3v) is 7.66. The number of hydrogen-bond donors (Lipinski definition) is 0. The van der Waals surface area contributed by atoms with Crippen molar-refractivity contribution in [2.75, 3.05) is 46.6 Å². The van der Waals surface area contributed by atoms with Gasteiger partial charge in [0.25, 0.3) is 0 Å². The molecule has 0 aliphatic carbocycles. The molecule has 2 aliphatic heterocycles. The average molecular weight is 511 g/mol. The Morgan fingerprint density at radius 3 is 2.58 bits per heavy atom. The van der Waals surface area contributed by atoms with Gasteiger partial charge in [0.05, 0.1) is 31.6 Å². The minimum atomic E-state index is 0.261. The Kier molecular flexibility index (Phi) is 7.53. The first kappa shape index (κ1) is 24.9. The highest BCUT2D eigenvalue weighted by atomic mass is 16.5. The maximum absolute atomic E-state index is 5.40. The van der Waals surface area contributed by atoms with Crippen molar-refractivity contribution >= 4 is 0 Å². The Morgan fingerprint density at radius 1 is 1.03 bits per heavy atom. The molecule has 2 fully saturated rings. The monoisotopic (exact) mass is 510 g/mol. The fourth-order valence-corrected chi connectivity index (χ4v) is 5.29. The molecule has 2 aliphatic rings. The van der Waals surface area contributed by atoms with Gasteiger partial charge in [0, 0.05) is 56.0 Å². The van der Waals surface area contributed by atoms with Gasteiger partial charge in [-0.25, -0.2) is 9.97 Å². The molecule has 3 aromatic heterocycles. The van der Waals surface area contributed by atoms with Crippen molar-refractivity contribution in [2.45, 2.75) is 31.2 Å². The first-order chi connectivity index (χ1) is 18.8. The lowest BCUT2D eigenvalue weighted by atomic mass is 9.89. The number of methoxy groups -OCH3 is 1. The largest absolute Gasteiger partial charge is 0.383 e. The molecule has 1 aromatic carbocycles. The number of aromatic nitrogens is 5. The Balaban J connectivity index is 1.17. The van der Waals surface area contributed by atoms with E-state index < -0.39 is 0 Å². The van der Waals surface area contributed by atoms with Gasteiger partial charge in [-0.2, -0.15) is 5.10 Å². The quantitative estimate of drug-likeness (QED) is 0.330. The average Bonchev–Trinajstić information content (AvgIpc) is 3.37. The van der Waals surface area contributed by atoms with Crippen molar-refractivity contribution in [3.8, 4) is 22.5 Å². The van der Waals surface area contributed by atoms with Crippen LogP contribution in [0.15, 0.2) is 67.3 Å². The highest BCUT2D eigenvalue weighted by Crippen LogP contribution is 2.32. The smallest absolute Gasteiger partial charge is 0.133 e. The van der Waals surface area contributed by atoms with Crippen LogP contribution >= 0.6 is 0 Å². The highest BCUT2D eigenvalue weighted by molar-refractivity contribution is 5.78. The molecular weight excluding hydrogens is 476 g/mol. The predicted molar refractivity (Wildman–Crippen MR) is 146 cm³/mol.